The Balaban J connectivity index is 1.73. The SMILES string of the molecule is Cc1nc(CC(C)C)sc1C(=O)NCCCOc1ccccc1. The molecular formula is C18H24N2O2S. The van der Waals surface area contributed by atoms with E-state index in [-0.39, 0.29) is 5.91 Å². The van der Waals surface area contributed by atoms with Crippen molar-refractivity contribution in [2.24, 2.45) is 5.92 Å². The molecule has 1 N–H and O–H groups in total. The Bertz CT molecular complexity index is 623. The van der Waals surface area contributed by atoms with Crippen LogP contribution in [0.3, 0.4) is 0 Å². The van der Waals surface area contributed by atoms with Gasteiger partial charge in [-0.15, -0.1) is 11.3 Å². The van der Waals surface area contributed by atoms with Crippen LogP contribution in [0.1, 0.15) is 40.6 Å². The highest BCUT2D eigenvalue weighted by molar-refractivity contribution is 7.13. The van der Waals surface area contributed by atoms with E-state index < -0.39 is 0 Å². The molecule has 5 heteroatoms. The molecule has 0 aliphatic rings. The number of aryl methyl sites for hydroxylation is 1. The van der Waals surface area contributed by atoms with Gasteiger partial charge in [0.2, 0.25) is 0 Å². The summed E-state index contributed by atoms with van der Waals surface area (Å²) in [7, 11) is 0. The minimum atomic E-state index is -0.0327. The molecule has 2 aromatic rings. The average Bonchev–Trinajstić information content (AvgIpc) is 2.87. The molecule has 0 aliphatic carbocycles. The summed E-state index contributed by atoms with van der Waals surface area (Å²) in [6.45, 7) is 7.40. The Morgan fingerprint density at radius 1 is 1.30 bits per heavy atom. The molecule has 0 radical (unpaired) electrons. The van der Waals surface area contributed by atoms with Gasteiger partial charge in [0.1, 0.15) is 10.6 Å². The van der Waals surface area contributed by atoms with Gasteiger partial charge in [-0.25, -0.2) is 4.98 Å². The number of carbonyl (C=O) groups is 1. The Hall–Kier alpha value is -1.88. The first-order valence-electron chi connectivity index (χ1n) is 7.98. The van der Waals surface area contributed by atoms with E-state index in [9.17, 15) is 4.79 Å². The molecule has 0 unspecified atom stereocenters. The molecule has 0 saturated heterocycles. The van der Waals surface area contributed by atoms with Crippen LogP contribution in [-0.4, -0.2) is 24.0 Å². The first-order chi connectivity index (χ1) is 11.1. The average molecular weight is 332 g/mol. The topological polar surface area (TPSA) is 51.2 Å². The molecule has 0 saturated carbocycles. The quantitative estimate of drug-likeness (QED) is 0.747. The van der Waals surface area contributed by atoms with E-state index in [1.165, 1.54) is 11.3 Å². The number of hydrogen-bond donors (Lipinski definition) is 1. The van der Waals surface area contributed by atoms with Gasteiger partial charge in [0, 0.05) is 13.0 Å². The number of nitrogens with zero attached hydrogens (tertiary/aromatic N) is 1. The number of hydrogen-bond acceptors (Lipinski definition) is 4. The number of para-hydroxylation sites is 1. The molecule has 0 spiro atoms. The highest BCUT2D eigenvalue weighted by Crippen LogP contribution is 2.20. The van der Waals surface area contributed by atoms with Crippen LogP contribution in [0.2, 0.25) is 0 Å². The maximum Gasteiger partial charge on any atom is 0.263 e. The number of benzene rings is 1. The summed E-state index contributed by atoms with van der Waals surface area (Å²) < 4.78 is 5.60. The first-order valence-corrected chi connectivity index (χ1v) is 8.80. The lowest BCUT2D eigenvalue weighted by Crippen LogP contribution is -2.25. The fourth-order valence-corrected chi connectivity index (χ4v) is 3.35. The molecule has 23 heavy (non-hydrogen) atoms. The van der Waals surface area contributed by atoms with E-state index in [4.69, 9.17) is 4.74 Å². The summed E-state index contributed by atoms with van der Waals surface area (Å²) in [5, 5.41) is 3.98. The highest BCUT2D eigenvalue weighted by Gasteiger charge is 2.15. The molecule has 1 aromatic carbocycles. The van der Waals surface area contributed by atoms with Crippen LogP contribution in [0.25, 0.3) is 0 Å². The zero-order valence-corrected chi connectivity index (χ0v) is 14.8. The Morgan fingerprint density at radius 3 is 2.74 bits per heavy atom. The second-order valence-electron chi connectivity index (χ2n) is 5.89. The van der Waals surface area contributed by atoms with Crippen LogP contribution in [-0.2, 0) is 6.42 Å². The van der Waals surface area contributed by atoms with Crippen LogP contribution in [0.15, 0.2) is 30.3 Å². The van der Waals surface area contributed by atoms with Gasteiger partial charge in [-0.05, 0) is 31.4 Å². The van der Waals surface area contributed by atoms with Crippen molar-refractivity contribution < 1.29 is 9.53 Å². The summed E-state index contributed by atoms with van der Waals surface area (Å²) in [6, 6.07) is 9.69. The van der Waals surface area contributed by atoms with Gasteiger partial charge in [0.15, 0.2) is 0 Å². The van der Waals surface area contributed by atoms with E-state index in [1.54, 1.807) is 0 Å². The van der Waals surface area contributed by atoms with Gasteiger partial charge in [-0.2, -0.15) is 0 Å². The molecule has 1 aromatic heterocycles. The molecule has 0 atom stereocenters. The molecule has 1 heterocycles. The fraction of sp³-hybridized carbons (Fsp3) is 0.444. The molecule has 4 nitrogen and oxygen atoms in total. The standard InChI is InChI=1S/C18H24N2O2S/c1-13(2)12-16-20-14(3)17(23-16)18(21)19-10-7-11-22-15-8-5-4-6-9-15/h4-6,8-9,13H,7,10-12H2,1-3H3,(H,19,21). The zero-order chi connectivity index (χ0) is 16.7. The second-order valence-corrected chi connectivity index (χ2v) is 6.97. The van der Waals surface area contributed by atoms with E-state index in [0.717, 1.165) is 34.2 Å². The summed E-state index contributed by atoms with van der Waals surface area (Å²) >= 11 is 1.50. The highest BCUT2D eigenvalue weighted by atomic mass is 32.1. The van der Waals surface area contributed by atoms with Crippen molar-refractivity contribution in [1.82, 2.24) is 10.3 Å². The van der Waals surface area contributed by atoms with Gasteiger partial charge in [-0.1, -0.05) is 32.0 Å². The third kappa shape index (κ3) is 5.67. The number of nitrogens with one attached hydrogen (secondary N) is 1. The van der Waals surface area contributed by atoms with Gasteiger partial charge in [-0.3, -0.25) is 4.79 Å². The minimum Gasteiger partial charge on any atom is -0.494 e. The predicted molar refractivity (Wildman–Crippen MR) is 94.3 cm³/mol. The fourth-order valence-electron chi connectivity index (χ4n) is 2.16. The van der Waals surface area contributed by atoms with Gasteiger partial charge in [0.25, 0.3) is 5.91 Å². The molecule has 1 amide bonds. The lowest BCUT2D eigenvalue weighted by atomic mass is 10.1. The Morgan fingerprint density at radius 2 is 2.04 bits per heavy atom. The number of amides is 1. The Labute approximate surface area is 141 Å². The third-order valence-corrected chi connectivity index (χ3v) is 4.43. The van der Waals surface area contributed by atoms with Gasteiger partial charge >= 0.3 is 0 Å². The Kier molecular flexibility index (Phi) is 6.59. The van der Waals surface area contributed by atoms with Crippen molar-refractivity contribution in [3.05, 3.63) is 45.9 Å². The second kappa shape index (κ2) is 8.67. The molecule has 0 fully saturated rings. The summed E-state index contributed by atoms with van der Waals surface area (Å²) in [5.41, 5.74) is 0.823. The number of thiazole rings is 1. The normalized spacial score (nSPS) is 10.8. The van der Waals surface area contributed by atoms with E-state index in [1.807, 2.05) is 37.3 Å². The summed E-state index contributed by atoms with van der Waals surface area (Å²) in [6.07, 6.45) is 1.70. The number of carbonyl (C=O) groups excluding carboxylic acids is 1. The molecular weight excluding hydrogens is 308 g/mol. The van der Waals surface area contributed by atoms with Crippen molar-refractivity contribution in [3.63, 3.8) is 0 Å². The van der Waals surface area contributed by atoms with Gasteiger partial charge in [0.05, 0.1) is 17.3 Å². The summed E-state index contributed by atoms with van der Waals surface area (Å²) in [5.74, 6) is 1.37. The maximum absolute atomic E-state index is 12.2. The van der Waals surface area contributed by atoms with Crippen molar-refractivity contribution in [3.8, 4) is 5.75 Å². The summed E-state index contributed by atoms with van der Waals surface area (Å²) in [4.78, 5) is 17.4. The van der Waals surface area contributed by atoms with E-state index in [0.29, 0.717) is 19.1 Å². The molecule has 0 aliphatic heterocycles. The maximum atomic E-state index is 12.2. The van der Waals surface area contributed by atoms with Crippen molar-refractivity contribution in [2.45, 2.75) is 33.6 Å². The van der Waals surface area contributed by atoms with Crippen molar-refractivity contribution in [1.29, 1.82) is 0 Å². The van der Waals surface area contributed by atoms with Crippen molar-refractivity contribution >= 4 is 17.2 Å². The molecule has 2 rings (SSSR count). The lowest BCUT2D eigenvalue weighted by Gasteiger charge is -2.06. The zero-order valence-electron chi connectivity index (χ0n) is 14.0. The lowest BCUT2D eigenvalue weighted by molar-refractivity contribution is 0.0955. The van der Waals surface area contributed by atoms with Crippen LogP contribution in [0.5, 0.6) is 5.75 Å². The smallest absolute Gasteiger partial charge is 0.263 e. The van der Waals surface area contributed by atoms with Gasteiger partial charge < -0.3 is 10.1 Å². The monoisotopic (exact) mass is 332 g/mol. The van der Waals surface area contributed by atoms with Crippen LogP contribution < -0.4 is 10.1 Å². The van der Waals surface area contributed by atoms with Crippen LogP contribution in [0.4, 0.5) is 0 Å². The minimum absolute atomic E-state index is 0.0327. The third-order valence-electron chi connectivity index (χ3n) is 3.25. The predicted octanol–water partition coefficient (Wildman–Crippen LogP) is 3.85. The number of rotatable bonds is 8. The molecule has 0 bridgehead atoms. The van der Waals surface area contributed by atoms with Crippen molar-refractivity contribution in [2.75, 3.05) is 13.2 Å². The first kappa shape index (κ1) is 17.5. The van der Waals surface area contributed by atoms with E-state index in [2.05, 4.69) is 24.1 Å². The number of ether oxygens (including phenoxy) is 1. The largest absolute Gasteiger partial charge is 0.494 e. The molecule has 124 valence electrons. The van der Waals surface area contributed by atoms with Crippen LogP contribution >= 0.6 is 11.3 Å². The van der Waals surface area contributed by atoms with Crippen LogP contribution in [0, 0.1) is 12.8 Å². The number of aromatic nitrogens is 1. The van der Waals surface area contributed by atoms with E-state index >= 15 is 0 Å².